The number of carbonyl (C=O) groups is 1. The van der Waals surface area contributed by atoms with Crippen molar-refractivity contribution in [3.8, 4) is 0 Å². The summed E-state index contributed by atoms with van der Waals surface area (Å²) < 4.78 is 5.01. The van der Waals surface area contributed by atoms with Crippen LogP contribution in [0.1, 0.15) is 27.9 Å². The van der Waals surface area contributed by atoms with Crippen molar-refractivity contribution in [2.75, 3.05) is 13.7 Å². The highest BCUT2D eigenvalue weighted by Gasteiger charge is 2.20. The maximum Gasteiger partial charge on any atom is 0.398 e. The van der Waals surface area contributed by atoms with E-state index in [1.165, 1.54) is 0 Å². The quantitative estimate of drug-likeness (QED) is 0.798. The van der Waals surface area contributed by atoms with Crippen LogP contribution in [0.4, 0.5) is 0 Å². The zero-order valence-corrected chi connectivity index (χ0v) is 9.85. The van der Waals surface area contributed by atoms with E-state index in [1.807, 2.05) is 16.9 Å². The maximum atomic E-state index is 11.2. The van der Waals surface area contributed by atoms with Crippen molar-refractivity contribution in [3.63, 3.8) is 0 Å². The Hall–Kier alpha value is -1.33. The fourth-order valence-corrected chi connectivity index (χ4v) is 2.25. The molecule has 1 aliphatic rings. The average Bonchev–Trinajstić information content (AvgIpc) is 2.50. The standard InChI is InChI=1S/C12H15BNO3/c1-17-13-14-7-3-5-9-4-2-6-10(12(15)16)11(9)8-14/h2,4,6H,3,5,7-8H2,1H3,(H,15,16). The molecule has 0 aliphatic carbocycles. The zero-order valence-electron chi connectivity index (χ0n) is 9.85. The molecular formula is C12H15BNO3. The number of hydrogen-bond acceptors (Lipinski definition) is 3. The minimum absolute atomic E-state index is 0.402. The highest BCUT2D eigenvalue weighted by molar-refractivity contribution is 6.23. The molecule has 0 unspecified atom stereocenters. The molecule has 1 radical (unpaired) electrons. The van der Waals surface area contributed by atoms with Gasteiger partial charge in [-0.25, -0.2) is 4.79 Å². The van der Waals surface area contributed by atoms with Crippen molar-refractivity contribution in [3.05, 3.63) is 34.9 Å². The summed E-state index contributed by atoms with van der Waals surface area (Å²) in [5.74, 6) is -0.860. The van der Waals surface area contributed by atoms with Crippen molar-refractivity contribution in [2.45, 2.75) is 19.4 Å². The van der Waals surface area contributed by atoms with Crippen LogP contribution in [0.15, 0.2) is 18.2 Å². The van der Waals surface area contributed by atoms with Crippen LogP contribution in [0.5, 0.6) is 0 Å². The number of nitrogens with zero attached hydrogens (tertiary/aromatic N) is 1. The van der Waals surface area contributed by atoms with E-state index >= 15 is 0 Å². The Bertz CT molecular complexity index is 422. The third-order valence-electron chi connectivity index (χ3n) is 3.01. The number of carboxylic acid groups (broad SMARTS) is 1. The van der Waals surface area contributed by atoms with Crippen LogP contribution in [0.25, 0.3) is 0 Å². The number of aromatic carboxylic acids is 1. The summed E-state index contributed by atoms with van der Waals surface area (Å²) in [6.07, 6.45) is 1.93. The number of rotatable bonds is 3. The van der Waals surface area contributed by atoms with Gasteiger partial charge in [-0.3, -0.25) is 0 Å². The Labute approximate surface area is 101 Å². The molecule has 0 fully saturated rings. The molecule has 0 saturated carbocycles. The molecule has 0 atom stereocenters. The lowest BCUT2D eigenvalue weighted by Gasteiger charge is -2.18. The first-order valence-electron chi connectivity index (χ1n) is 5.66. The van der Waals surface area contributed by atoms with Gasteiger partial charge in [-0.1, -0.05) is 12.1 Å². The number of aryl methyl sites for hydroxylation is 1. The largest absolute Gasteiger partial charge is 0.478 e. The van der Waals surface area contributed by atoms with Gasteiger partial charge in [0.05, 0.1) is 5.56 Å². The maximum absolute atomic E-state index is 11.2. The van der Waals surface area contributed by atoms with Gasteiger partial charge in [0, 0.05) is 13.7 Å². The van der Waals surface area contributed by atoms with Gasteiger partial charge in [-0.05, 0) is 36.6 Å². The van der Waals surface area contributed by atoms with Crippen LogP contribution in [0.3, 0.4) is 0 Å². The SMILES string of the molecule is CO[B]N1CCCc2cccc(C(=O)O)c2C1. The molecule has 2 rings (SSSR count). The van der Waals surface area contributed by atoms with Crippen molar-refractivity contribution in [1.82, 2.24) is 4.81 Å². The molecule has 1 heterocycles. The second-order valence-electron chi connectivity index (χ2n) is 4.16. The highest BCUT2D eigenvalue weighted by atomic mass is 16.4. The topological polar surface area (TPSA) is 49.8 Å². The van der Waals surface area contributed by atoms with Crippen molar-refractivity contribution >= 4 is 13.6 Å². The van der Waals surface area contributed by atoms with Crippen LogP contribution in [-0.2, 0) is 17.6 Å². The summed E-state index contributed by atoms with van der Waals surface area (Å²) in [5, 5.41) is 9.19. The Morgan fingerprint density at radius 1 is 1.53 bits per heavy atom. The number of benzene rings is 1. The first-order valence-corrected chi connectivity index (χ1v) is 5.66. The van der Waals surface area contributed by atoms with E-state index in [-0.39, 0.29) is 0 Å². The van der Waals surface area contributed by atoms with E-state index in [2.05, 4.69) is 0 Å². The second-order valence-corrected chi connectivity index (χ2v) is 4.16. The van der Waals surface area contributed by atoms with Crippen LogP contribution >= 0.6 is 0 Å². The molecule has 17 heavy (non-hydrogen) atoms. The molecule has 1 aromatic carbocycles. The first kappa shape index (κ1) is 12.1. The third-order valence-corrected chi connectivity index (χ3v) is 3.01. The van der Waals surface area contributed by atoms with Gasteiger partial charge in [-0.2, -0.15) is 0 Å². The average molecular weight is 232 g/mol. The summed E-state index contributed by atoms with van der Waals surface area (Å²) in [6, 6.07) is 5.49. The fourth-order valence-electron chi connectivity index (χ4n) is 2.25. The van der Waals surface area contributed by atoms with Gasteiger partial charge in [-0.15, -0.1) is 0 Å². The van der Waals surface area contributed by atoms with Gasteiger partial charge in [0.1, 0.15) is 0 Å². The van der Waals surface area contributed by atoms with Crippen LogP contribution < -0.4 is 0 Å². The summed E-state index contributed by atoms with van der Waals surface area (Å²) >= 11 is 0. The molecule has 1 N–H and O–H groups in total. The molecule has 0 amide bonds. The summed E-state index contributed by atoms with van der Waals surface area (Å²) in [7, 11) is 3.27. The Balaban J connectivity index is 2.34. The van der Waals surface area contributed by atoms with Crippen LogP contribution in [0.2, 0.25) is 0 Å². The van der Waals surface area contributed by atoms with E-state index in [1.54, 1.807) is 20.8 Å². The van der Waals surface area contributed by atoms with Crippen LogP contribution in [0, 0.1) is 0 Å². The monoisotopic (exact) mass is 232 g/mol. The molecular weight excluding hydrogens is 217 g/mol. The molecule has 4 nitrogen and oxygen atoms in total. The van der Waals surface area contributed by atoms with E-state index in [9.17, 15) is 9.90 Å². The Morgan fingerprint density at radius 2 is 2.35 bits per heavy atom. The van der Waals surface area contributed by atoms with Crippen molar-refractivity contribution in [1.29, 1.82) is 0 Å². The van der Waals surface area contributed by atoms with Gasteiger partial charge in [0.15, 0.2) is 0 Å². The second kappa shape index (κ2) is 5.34. The Kier molecular flexibility index (Phi) is 3.81. The summed E-state index contributed by atoms with van der Waals surface area (Å²) in [4.78, 5) is 13.2. The third kappa shape index (κ3) is 2.68. The predicted octanol–water partition coefficient (Wildman–Crippen LogP) is 1.31. The van der Waals surface area contributed by atoms with E-state index in [0.717, 1.165) is 30.5 Å². The molecule has 0 bridgehead atoms. The first-order chi connectivity index (χ1) is 8.22. The lowest BCUT2D eigenvalue weighted by Crippen LogP contribution is -2.29. The number of hydrogen-bond donors (Lipinski definition) is 1. The Morgan fingerprint density at radius 3 is 3.06 bits per heavy atom. The number of carboxylic acids is 1. The van der Waals surface area contributed by atoms with Gasteiger partial charge >= 0.3 is 13.6 Å². The summed E-state index contributed by atoms with van der Waals surface area (Å²) in [5.41, 5.74) is 2.45. The van der Waals surface area contributed by atoms with E-state index in [0.29, 0.717) is 12.1 Å². The molecule has 1 aromatic rings. The molecule has 1 aliphatic heterocycles. The molecule has 0 saturated heterocycles. The molecule has 5 heteroatoms. The molecule has 0 aromatic heterocycles. The van der Waals surface area contributed by atoms with E-state index in [4.69, 9.17) is 4.65 Å². The normalized spacial score (nSPS) is 16.1. The predicted molar refractivity (Wildman–Crippen MR) is 64.9 cm³/mol. The minimum atomic E-state index is -0.860. The van der Waals surface area contributed by atoms with Crippen molar-refractivity contribution in [2.24, 2.45) is 0 Å². The molecule has 0 spiro atoms. The highest BCUT2D eigenvalue weighted by Crippen LogP contribution is 2.22. The summed E-state index contributed by atoms with van der Waals surface area (Å²) in [6.45, 7) is 1.49. The zero-order chi connectivity index (χ0) is 12.3. The molecule has 89 valence electrons. The van der Waals surface area contributed by atoms with Crippen molar-refractivity contribution < 1.29 is 14.6 Å². The van der Waals surface area contributed by atoms with Gasteiger partial charge in [0.2, 0.25) is 0 Å². The lowest BCUT2D eigenvalue weighted by molar-refractivity contribution is 0.0695. The lowest BCUT2D eigenvalue weighted by atomic mass is 9.98. The minimum Gasteiger partial charge on any atom is -0.478 e. The smallest absolute Gasteiger partial charge is 0.398 e. The fraction of sp³-hybridized carbons (Fsp3) is 0.417. The number of fused-ring (bicyclic) bond motifs is 1. The van der Waals surface area contributed by atoms with E-state index < -0.39 is 5.97 Å². The van der Waals surface area contributed by atoms with Crippen LogP contribution in [-0.4, -0.2) is 37.2 Å². The van der Waals surface area contributed by atoms with Gasteiger partial charge < -0.3 is 14.6 Å². The van der Waals surface area contributed by atoms with Gasteiger partial charge in [0.25, 0.3) is 0 Å².